The first-order chi connectivity index (χ1) is 22.6. The highest BCUT2D eigenvalue weighted by Gasteiger charge is 2.39. The Labute approximate surface area is 274 Å². The maximum absolute atomic E-state index is 13.7. The standard InChI is InChI=1S/C30H37F5N10O2S/c1-43(17-27(31)32)15-18-3-5-20(6-4-18)40-24-12-29(36,38-14-22(24)23-11-26(30(33,34)35)44(2)42-23)25-9-10-37-28(41-25)19-13-39-45(16-19)48(46,47)21-7-8-21/h9-14,16,18,20-21,27,38,40H,3-8,15,17,36H2,1-2H3. The lowest BCUT2D eigenvalue weighted by atomic mass is 9.85. The summed E-state index contributed by atoms with van der Waals surface area (Å²) in [6.45, 7) is 0.262. The Kier molecular flexibility index (Phi) is 9.10. The SMILES string of the molecule is CN(CC(F)F)CC1CCC(NC2=CC(N)(c3ccnc(-c4cnn(S(=O)(=O)C5CC5)c4)n3)NC=C2c2cc(C(F)(F)F)n(C)n2)CC1. The number of aryl methyl sites for hydroxylation is 1. The lowest BCUT2D eigenvalue weighted by Gasteiger charge is -2.36. The molecule has 12 nitrogen and oxygen atoms in total. The van der Waals surface area contributed by atoms with Crippen molar-refractivity contribution in [1.29, 1.82) is 0 Å². The molecule has 3 aromatic rings. The molecule has 3 aliphatic rings. The van der Waals surface area contributed by atoms with Crippen LogP contribution >= 0.6 is 0 Å². The molecule has 0 amide bonds. The Morgan fingerprint density at radius 1 is 1.19 bits per heavy atom. The summed E-state index contributed by atoms with van der Waals surface area (Å²) in [4.78, 5) is 10.5. The van der Waals surface area contributed by atoms with Crippen molar-refractivity contribution in [2.45, 2.75) is 68.1 Å². The average Bonchev–Trinajstić information content (AvgIpc) is 3.63. The van der Waals surface area contributed by atoms with Crippen LogP contribution in [0.15, 0.2) is 48.7 Å². The molecule has 3 aromatic heterocycles. The number of hydrogen-bond acceptors (Lipinski definition) is 10. The maximum atomic E-state index is 13.7. The lowest BCUT2D eigenvalue weighted by molar-refractivity contribution is -0.143. The molecule has 2 aliphatic carbocycles. The molecule has 18 heteroatoms. The summed E-state index contributed by atoms with van der Waals surface area (Å²) in [5.74, 6) is 0.425. The molecule has 1 aliphatic heterocycles. The van der Waals surface area contributed by atoms with Gasteiger partial charge in [-0.25, -0.2) is 27.2 Å². The summed E-state index contributed by atoms with van der Waals surface area (Å²) in [5, 5.41) is 14.2. The van der Waals surface area contributed by atoms with E-state index in [9.17, 15) is 30.4 Å². The van der Waals surface area contributed by atoms with Crippen LogP contribution in [0.4, 0.5) is 22.0 Å². The molecule has 4 N–H and O–H groups in total. The molecule has 0 spiro atoms. The van der Waals surface area contributed by atoms with E-state index in [1.54, 1.807) is 24.1 Å². The fraction of sp³-hybridized carbons (Fsp3) is 0.533. The van der Waals surface area contributed by atoms with Crippen molar-refractivity contribution < 1.29 is 30.4 Å². The number of allylic oxidation sites excluding steroid dienone is 1. The average molecular weight is 697 g/mol. The van der Waals surface area contributed by atoms with Crippen LogP contribution in [-0.4, -0.2) is 80.1 Å². The van der Waals surface area contributed by atoms with E-state index in [4.69, 9.17) is 5.73 Å². The number of halogens is 5. The first-order valence-electron chi connectivity index (χ1n) is 15.6. The van der Waals surface area contributed by atoms with Crippen LogP contribution in [-0.2, 0) is 28.9 Å². The number of nitrogens with zero attached hydrogens (tertiary/aromatic N) is 7. The molecular weight excluding hydrogens is 659 g/mol. The minimum absolute atomic E-state index is 0.0651. The molecule has 6 rings (SSSR count). The summed E-state index contributed by atoms with van der Waals surface area (Å²) in [6, 6.07) is 2.49. The lowest BCUT2D eigenvalue weighted by Crippen LogP contribution is -2.50. The number of aromatic nitrogens is 6. The van der Waals surface area contributed by atoms with Crippen LogP contribution < -0.4 is 16.4 Å². The van der Waals surface area contributed by atoms with Crippen LogP contribution in [0, 0.1) is 5.92 Å². The zero-order valence-electron chi connectivity index (χ0n) is 26.3. The van der Waals surface area contributed by atoms with Crippen molar-refractivity contribution in [3.63, 3.8) is 0 Å². The number of dihydropyridines is 1. The second-order valence-electron chi connectivity index (χ2n) is 12.8. The van der Waals surface area contributed by atoms with E-state index in [1.807, 2.05) is 0 Å². The molecule has 0 saturated heterocycles. The smallest absolute Gasteiger partial charge is 0.382 e. The van der Waals surface area contributed by atoms with Crippen molar-refractivity contribution in [1.82, 2.24) is 44.5 Å². The van der Waals surface area contributed by atoms with E-state index in [0.717, 1.165) is 27.7 Å². The fourth-order valence-corrected chi connectivity index (χ4v) is 7.70. The molecule has 2 fully saturated rings. The fourth-order valence-electron chi connectivity index (χ4n) is 6.23. The molecule has 48 heavy (non-hydrogen) atoms. The van der Waals surface area contributed by atoms with Gasteiger partial charge in [0.25, 0.3) is 16.4 Å². The number of hydrogen-bond donors (Lipinski definition) is 3. The number of nitrogens with two attached hydrogens (primary N) is 1. The highest BCUT2D eigenvalue weighted by atomic mass is 32.2. The molecule has 0 radical (unpaired) electrons. The number of nitrogens with one attached hydrogen (secondary N) is 2. The van der Waals surface area contributed by atoms with Crippen molar-refractivity contribution in [3.8, 4) is 11.4 Å². The van der Waals surface area contributed by atoms with Crippen molar-refractivity contribution in [3.05, 3.63) is 65.8 Å². The zero-order chi connectivity index (χ0) is 34.4. The van der Waals surface area contributed by atoms with Gasteiger partial charge in [0.1, 0.15) is 5.69 Å². The van der Waals surface area contributed by atoms with E-state index < -0.39 is 39.2 Å². The molecule has 2 saturated carbocycles. The van der Waals surface area contributed by atoms with Gasteiger partial charge in [0, 0.05) is 43.3 Å². The molecule has 260 valence electrons. The third kappa shape index (κ3) is 7.24. The second kappa shape index (κ2) is 12.9. The highest BCUT2D eigenvalue weighted by Crippen LogP contribution is 2.36. The van der Waals surface area contributed by atoms with Crippen LogP contribution in [0.25, 0.3) is 17.0 Å². The topological polar surface area (TPSA) is 149 Å². The zero-order valence-corrected chi connectivity index (χ0v) is 27.1. The van der Waals surface area contributed by atoms with Crippen LogP contribution in [0.3, 0.4) is 0 Å². The monoisotopic (exact) mass is 696 g/mol. The Bertz CT molecular complexity index is 1810. The molecule has 0 bridgehead atoms. The van der Waals surface area contributed by atoms with Crippen molar-refractivity contribution >= 4 is 15.6 Å². The van der Waals surface area contributed by atoms with Gasteiger partial charge in [0.05, 0.1) is 41.1 Å². The van der Waals surface area contributed by atoms with Gasteiger partial charge in [0.15, 0.2) is 11.5 Å². The Hall–Kier alpha value is -3.90. The van der Waals surface area contributed by atoms with E-state index in [-0.39, 0.29) is 30.0 Å². The van der Waals surface area contributed by atoms with Gasteiger partial charge in [0.2, 0.25) is 0 Å². The summed E-state index contributed by atoms with van der Waals surface area (Å²) in [5.41, 5.74) is 6.05. The van der Waals surface area contributed by atoms with Gasteiger partial charge in [-0.1, -0.05) is 0 Å². The van der Waals surface area contributed by atoms with Crippen LogP contribution in [0.2, 0.25) is 0 Å². The van der Waals surface area contributed by atoms with Crippen LogP contribution in [0.1, 0.15) is 55.6 Å². The summed E-state index contributed by atoms with van der Waals surface area (Å²) >= 11 is 0. The minimum Gasteiger partial charge on any atom is -0.382 e. The quantitative estimate of drug-likeness (QED) is 0.255. The minimum atomic E-state index is -4.61. The van der Waals surface area contributed by atoms with Gasteiger partial charge in [-0.15, -0.1) is 0 Å². The van der Waals surface area contributed by atoms with E-state index >= 15 is 0 Å². The van der Waals surface area contributed by atoms with Crippen LogP contribution in [0.5, 0.6) is 0 Å². The first-order valence-corrected chi connectivity index (χ1v) is 17.1. The molecule has 4 heterocycles. The molecule has 0 aromatic carbocycles. The molecular formula is C30H37F5N10O2S. The van der Waals surface area contributed by atoms with E-state index in [0.29, 0.717) is 54.8 Å². The van der Waals surface area contributed by atoms with Gasteiger partial charge in [-0.3, -0.25) is 4.68 Å². The molecule has 1 atom stereocenters. The molecule has 1 unspecified atom stereocenters. The van der Waals surface area contributed by atoms with Gasteiger partial charge in [-0.2, -0.15) is 27.5 Å². The third-order valence-electron chi connectivity index (χ3n) is 8.89. The Morgan fingerprint density at radius 2 is 1.92 bits per heavy atom. The number of rotatable bonds is 11. The predicted octanol–water partition coefficient (Wildman–Crippen LogP) is 3.42. The normalized spacial score (nSPS) is 23.6. The van der Waals surface area contributed by atoms with E-state index in [2.05, 4.69) is 30.8 Å². The largest absolute Gasteiger partial charge is 0.433 e. The van der Waals surface area contributed by atoms with Crippen molar-refractivity contribution in [2.24, 2.45) is 18.7 Å². The van der Waals surface area contributed by atoms with Crippen molar-refractivity contribution in [2.75, 3.05) is 20.1 Å². The summed E-state index contributed by atoms with van der Waals surface area (Å²) in [7, 11) is -0.698. The first kappa shape index (κ1) is 34.0. The van der Waals surface area contributed by atoms with Gasteiger partial charge >= 0.3 is 6.18 Å². The second-order valence-corrected chi connectivity index (χ2v) is 14.8. The van der Waals surface area contributed by atoms with E-state index in [1.165, 1.54) is 31.8 Å². The summed E-state index contributed by atoms with van der Waals surface area (Å²) in [6.07, 6.45) is 4.46. The predicted molar refractivity (Wildman–Crippen MR) is 166 cm³/mol. The number of alkyl halides is 5. The highest BCUT2D eigenvalue weighted by molar-refractivity contribution is 7.90. The van der Waals surface area contributed by atoms with Gasteiger partial charge < -0.3 is 21.3 Å². The Morgan fingerprint density at radius 3 is 2.56 bits per heavy atom. The maximum Gasteiger partial charge on any atom is 0.433 e. The third-order valence-corrected chi connectivity index (χ3v) is 10.9. The Balaban J connectivity index is 1.27. The van der Waals surface area contributed by atoms with Gasteiger partial charge in [-0.05, 0) is 69.7 Å². The summed E-state index contributed by atoms with van der Waals surface area (Å²) < 4.78 is 93.7.